The number of hydrogen-bond acceptors (Lipinski definition) is 4. The largest absolute Gasteiger partial charge is 0.497 e. The Morgan fingerprint density at radius 3 is 2.52 bits per heavy atom. The van der Waals surface area contributed by atoms with Crippen LogP contribution in [0.4, 0.5) is 5.69 Å². The number of nitrogens with zero attached hydrogens (tertiary/aromatic N) is 1. The first-order chi connectivity index (χ1) is 10.2. The zero-order chi connectivity index (χ0) is 15.2. The lowest BCUT2D eigenvalue weighted by atomic mass is 10.1. The Labute approximate surface area is 124 Å². The molecular weight excluding hydrogens is 266 g/mol. The van der Waals surface area contributed by atoms with Crippen LogP contribution in [0.5, 0.6) is 11.5 Å². The highest BCUT2D eigenvalue weighted by molar-refractivity contribution is 6.01. The Morgan fingerprint density at radius 1 is 1.05 bits per heavy atom. The van der Waals surface area contributed by atoms with Gasteiger partial charge in [0.25, 0.3) is 0 Å². The van der Waals surface area contributed by atoms with E-state index in [1.807, 2.05) is 48.3 Å². The van der Waals surface area contributed by atoms with E-state index in [1.54, 1.807) is 26.4 Å². The first-order valence-corrected chi connectivity index (χ1v) is 6.67. The molecule has 0 heterocycles. The molecule has 21 heavy (non-hydrogen) atoms. The number of benzene rings is 2. The number of Topliss-reactive ketones (excluding diaryl/α,β-unsaturated/α-hetero) is 1. The van der Waals surface area contributed by atoms with Crippen molar-refractivity contribution in [1.29, 1.82) is 0 Å². The van der Waals surface area contributed by atoms with Gasteiger partial charge in [-0.25, -0.2) is 0 Å². The number of carbonyl (C=O) groups excluding carboxylic acids is 1. The van der Waals surface area contributed by atoms with Crippen LogP contribution in [0.1, 0.15) is 10.4 Å². The molecule has 0 aromatic heterocycles. The quantitative estimate of drug-likeness (QED) is 0.765. The second-order valence-corrected chi connectivity index (χ2v) is 4.68. The minimum atomic E-state index is 0.0118. The fourth-order valence-corrected chi connectivity index (χ4v) is 2.11. The number of para-hydroxylation sites is 1. The molecule has 0 N–H and O–H groups in total. The van der Waals surface area contributed by atoms with Gasteiger partial charge in [0.15, 0.2) is 5.78 Å². The van der Waals surface area contributed by atoms with Gasteiger partial charge >= 0.3 is 0 Å². The van der Waals surface area contributed by atoms with E-state index in [2.05, 4.69) is 0 Å². The minimum absolute atomic E-state index is 0.0118. The molecule has 2 aromatic rings. The maximum absolute atomic E-state index is 12.4. The number of ketones is 1. The molecule has 0 amide bonds. The van der Waals surface area contributed by atoms with Crippen LogP contribution in [0.15, 0.2) is 48.5 Å². The van der Waals surface area contributed by atoms with Crippen LogP contribution in [0.25, 0.3) is 0 Å². The second-order valence-electron chi connectivity index (χ2n) is 4.68. The molecule has 110 valence electrons. The molecule has 0 spiro atoms. The molecule has 0 aliphatic heterocycles. The third-order valence-electron chi connectivity index (χ3n) is 3.28. The van der Waals surface area contributed by atoms with E-state index in [-0.39, 0.29) is 12.3 Å². The average molecular weight is 285 g/mol. The van der Waals surface area contributed by atoms with Crippen LogP contribution in [-0.2, 0) is 0 Å². The third kappa shape index (κ3) is 3.54. The number of rotatable bonds is 6. The predicted octanol–water partition coefficient (Wildman–Crippen LogP) is 3.02. The van der Waals surface area contributed by atoms with Crippen molar-refractivity contribution in [1.82, 2.24) is 0 Å². The monoisotopic (exact) mass is 285 g/mol. The molecule has 0 aliphatic rings. The number of methoxy groups -OCH3 is 2. The van der Waals surface area contributed by atoms with Crippen molar-refractivity contribution >= 4 is 11.5 Å². The van der Waals surface area contributed by atoms with Gasteiger partial charge in [-0.3, -0.25) is 4.79 Å². The SMILES string of the molecule is COc1cccc(N(C)CC(=O)c2ccccc2OC)c1. The van der Waals surface area contributed by atoms with Crippen molar-refractivity contribution in [2.75, 3.05) is 32.7 Å². The van der Waals surface area contributed by atoms with Crippen molar-refractivity contribution in [2.45, 2.75) is 0 Å². The Hall–Kier alpha value is -2.49. The molecule has 4 nitrogen and oxygen atoms in total. The molecule has 2 rings (SSSR count). The molecule has 0 atom stereocenters. The maximum Gasteiger partial charge on any atom is 0.185 e. The highest BCUT2D eigenvalue weighted by Crippen LogP contribution is 2.22. The van der Waals surface area contributed by atoms with Crippen LogP contribution in [0, 0.1) is 0 Å². The summed E-state index contributed by atoms with van der Waals surface area (Å²) in [5.41, 5.74) is 1.52. The first-order valence-electron chi connectivity index (χ1n) is 6.67. The van der Waals surface area contributed by atoms with Gasteiger partial charge in [0.1, 0.15) is 11.5 Å². The van der Waals surface area contributed by atoms with Gasteiger partial charge in [-0.05, 0) is 24.3 Å². The van der Waals surface area contributed by atoms with Crippen LogP contribution < -0.4 is 14.4 Å². The summed E-state index contributed by atoms with van der Waals surface area (Å²) in [5.74, 6) is 1.38. The Balaban J connectivity index is 2.15. The molecule has 0 saturated heterocycles. The van der Waals surface area contributed by atoms with Gasteiger partial charge in [-0.15, -0.1) is 0 Å². The Morgan fingerprint density at radius 2 is 1.81 bits per heavy atom. The zero-order valence-corrected chi connectivity index (χ0v) is 12.5. The molecular formula is C17H19NO3. The summed E-state index contributed by atoms with van der Waals surface area (Å²) >= 11 is 0. The van der Waals surface area contributed by atoms with E-state index in [4.69, 9.17) is 9.47 Å². The minimum Gasteiger partial charge on any atom is -0.497 e. The summed E-state index contributed by atoms with van der Waals surface area (Å²) in [6.45, 7) is 0.271. The molecule has 2 aromatic carbocycles. The second kappa shape index (κ2) is 6.79. The molecule has 0 aliphatic carbocycles. The lowest BCUT2D eigenvalue weighted by molar-refractivity contribution is 0.0997. The fourth-order valence-electron chi connectivity index (χ4n) is 2.11. The molecule has 0 radical (unpaired) electrons. The number of hydrogen-bond donors (Lipinski definition) is 0. The molecule has 0 saturated carbocycles. The third-order valence-corrected chi connectivity index (χ3v) is 3.28. The molecule has 0 bridgehead atoms. The Bertz CT molecular complexity index is 625. The van der Waals surface area contributed by atoms with E-state index in [0.29, 0.717) is 11.3 Å². The highest BCUT2D eigenvalue weighted by atomic mass is 16.5. The van der Waals surface area contributed by atoms with Crippen molar-refractivity contribution in [2.24, 2.45) is 0 Å². The number of anilines is 1. The van der Waals surface area contributed by atoms with Gasteiger partial charge in [-0.2, -0.15) is 0 Å². The maximum atomic E-state index is 12.4. The van der Waals surface area contributed by atoms with Gasteiger partial charge in [0, 0.05) is 18.8 Å². The number of ether oxygens (including phenoxy) is 2. The van der Waals surface area contributed by atoms with Crippen molar-refractivity contribution < 1.29 is 14.3 Å². The van der Waals surface area contributed by atoms with Gasteiger partial charge in [0.05, 0.1) is 26.3 Å². The smallest absolute Gasteiger partial charge is 0.185 e. The summed E-state index contributed by atoms with van der Waals surface area (Å²) in [7, 11) is 5.07. The fraction of sp³-hybridized carbons (Fsp3) is 0.235. The van der Waals surface area contributed by atoms with E-state index >= 15 is 0 Å². The zero-order valence-electron chi connectivity index (χ0n) is 12.5. The van der Waals surface area contributed by atoms with Gasteiger partial charge in [-0.1, -0.05) is 18.2 Å². The molecule has 4 heteroatoms. The standard InChI is InChI=1S/C17H19NO3/c1-18(13-7-6-8-14(11-13)20-2)12-16(19)15-9-4-5-10-17(15)21-3/h4-11H,12H2,1-3H3. The lowest BCUT2D eigenvalue weighted by Crippen LogP contribution is -2.25. The van der Waals surface area contributed by atoms with Crippen molar-refractivity contribution in [3.05, 3.63) is 54.1 Å². The van der Waals surface area contributed by atoms with E-state index < -0.39 is 0 Å². The van der Waals surface area contributed by atoms with Crippen LogP contribution in [0.3, 0.4) is 0 Å². The topological polar surface area (TPSA) is 38.8 Å². The summed E-state index contributed by atoms with van der Waals surface area (Å²) in [6, 6.07) is 14.9. The summed E-state index contributed by atoms with van der Waals surface area (Å²) in [5, 5.41) is 0. The first kappa shape index (κ1) is 14.9. The number of likely N-dealkylation sites (N-methyl/N-ethyl adjacent to an activating group) is 1. The summed E-state index contributed by atoms with van der Waals surface area (Å²) < 4.78 is 10.4. The Kier molecular flexibility index (Phi) is 4.82. The van der Waals surface area contributed by atoms with E-state index in [9.17, 15) is 4.79 Å². The van der Waals surface area contributed by atoms with Crippen LogP contribution >= 0.6 is 0 Å². The highest BCUT2D eigenvalue weighted by Gasteiger charge is 2.14. The molecule has 0 unspecified atom stereocenters. The molecule has 0 fully saturated rings. The van der Waals surface area contributed by atoms with Crippen molar-refractivity contribution in [3.63, 3.8) is 0 Å². The van der Waals surface area contributed by atoms with E-state index in [1.165, 1.54) is 0 Å². The normalized spacial score (nSPS) is 10.0. The van der Waals surface area contributed by atoms with Crippen molar-refractivity contribution in [3.8, 4) is 11.5 Å². The predicted molar refractivity (Wildman–Crippen MR) is 83.6 cm³/mol. The average Bonchev–Trinajstić information content (AvgIpc) is 2.54. The van der Waals surface area contributed by atoms with Crippen LogP contribution in [0.2, 0.25) is 0 Å². The van der Waals surface area contributed by atoms with Gasteiger partial charge in [0.2, 0.25) is 0 Å². The van der Waals surface area contributed by atoms with E-state index in [0.717, 1.165) is 11.4 Å². The van der Waals surface area contributed by atoms with Crippen LogP contribution in [-0.4, -0.2) is 33.6 Å². The van der Waals surface area contributed by atoms with Gasteiger partial charge < -0.3 is 14.4 Å². The summed E-state index contributed by atoms with van der Waals surface area (Å²) in [6.07, 6.45) is 0. The lowest BCUT2D eigenvalue weighted by Gasteiger charge is -2.19. The number of carbonyl (C=O) groups is 1. The summed E-state index contributed by atoms with van der Waals surface area (Å²) in [4.78, 5) is 14.3.